The van der Waals surface area contributed by atoms with Gasteiger partial charge in [0.15, 0.2) is 5.17 Å². The summed E-state index contributed by atoms with van der Waals surface area (Å²) in [5.41, 5.74) is 1.27. The fraction of sp³-hybridized carbons (Fsp3) is 0.417. The molecule has 0 amide bonds. The zero-order valence-corrected chi connectivity index (χ0v) is 12.6. The molecule has 0 unspecified atom stereocenters. The molecule has 18 heavy (non-hydrogen) atoms. The Balaban J connectivity index is 0.00000162. The number of nitrogens with zero attached hydrogens (tertiary/aromatic N) is 2. The molecule has 0 fully saturated rings. The lowest BCUT2D eigenvalue weighted by atomic mass is 10.2. The summed E-state index contributed by atoms with van der Waals surface area (Å²) in [5, 5.41) is 5.13. The van der Waals surface area contributed by atoms with Crippen molar-refractivity contribution >= 4 is 40.9 Å². The average Bonchev–Trinajstić information content (AvgIpc) is 2.39. The molecule has 1 heterocycles. The third kappa shape index (κ3) is 4.69. The lowest BCUT2D eigenvalue weighted by Gasteiger charge is -2.24. The Morgan fingerprint density at radius 2 is 2.11 bits per heavy atom. The van der Waals surface area contributed by atoms with Crippen LogP contribution in [0.3, 0.4) is 0 Å². The van der Waals surface area contributed by atoms with E-state index in [0.717, 1.165) is 35.8 Å². The summed E-state index contributed by atoms with van der Waals surface area (Å²) in [7, 11) is 0. The Kier molecular flexibility index (Phi) is 6.86. The number of benzene rings is 1. The van der Waals surface area contributed by atoms with Crippen LogP contribution in [0.25, 0.3) is 0 Å². The Labute approximate surface area is 123 Å². The van der Waals surface area contributed by atoms with Crippen molar-refractivity contribution in [3.05, 3.63) is 34.9 Å². The summed E-state index contributed by atoms with van der Waals surface area (Å²) in [6.45, 7) is 4.87. The molecule has 0 bridgehead atoms. The molecule has 0 radical (unpaired) electrons. The maximum Gasteiger partial charge on any atom is 0.159 e. The minimum absolute atomic E-state index is 0. The summed E-state index contributed by atoms with van der Waals surface area (Å²) >= 11 is 7.58. The Bertz CT molecular complexity index is 395. The van der Waals surface area contributed by atoms with Crippen LogP contribution in [0.4, 0.5) is 0 Å². The zero-order chi connectivity index (χ0) is 12.1. The largest absolute Gasteiger partial charge is 0.352 e. The molecular formula is C12H17Cl2N3S. The summed E-state index contributed by atoms with van der Waals surface area (Å²) in [4.78, 5) is 6.73. The highest BCUT2D eigenvalue weighted by atomic mass is 35.5. The van der Waals surface area contributed by atoms with Crippen molar-refractivity contribution in [2.24, 2.45) is 4.99 Å². The van der Waals surface area contributed by atoms with Crippen molar-refractivity contribution in [3.63, 3.8) is 0 Å². The summed E-state index contributed by atoms with van der Waals surface area (Å²) in [6.07, 6.45) is 0. The van der Waals surface area contributed by atoms with Gasteiger partial charge in [-0.2, -0.15) is 0 Å². The predicted octanol–water partition coefficient (Wildman–Crippen LogP) is 3.19. The molecule has 1 aliphatic heterocycles. The Morgan fingerprint density at radius 3 is 2.67 bits per heavy atom. The molecule has 0 spiro atoms. The number of halogens is 2. The van der Waals surface area contributed by atoms with Crippen molar-refractivity contribution in [3.8, 4) is 0 Å². The van der Waals surface area contributed by atoms with Gasteiger partial charge in [0, 0.05) is 10.8 Å². The van der Waals surface area contributed by atoms with Crippen LogP contribution >= 0.6 is 35.8 Å². The van der Waals surface area contributed by atoms with Crippen LogP contribution in [0, 0.1) is 0 Å². The van der Waals surface area contributed by atoms with Crippen LogP contribution in [0.2, 0.25) is 5.02 Å². The van der Waals surface area contributed by atoms with Gasteiger partial charge in [-0.3, -0.25) is 4.90 Å². The first-order valence-corrected chi connectivity index (χ1v) is 7.02. The molecule has 100 valence electrons. The Morgan fingerprint density at radius 1 is 1.39 bits per heavy atom. The topological polar surface area (TPSA) is 27.6 Å². The molecule has 2 rings (SSSR count). The SMILES string of the molecule is CCN1CN=C(SCc2ccc(Cl)cc2)NC1.Cl. The van der Waals surface area contributed by atoms with E-state index in [-0.39, 0.29) is 12.4 Å². The van der Waals surface area contributed by atoms with E-state index in [1.165, 1.54) is 5.56 Å². The van der Waals surface area contributed by atoms with Gasteiger partial charge in [-0.1, -0.05) is 42.4 Å². The predicted molar refractivity (Wildman–Crippen MR) is 82.7 cm³/mol. The van der Waals surface area contributed by atoms with Crippen LogP contribution in [-0.2, 0) is 5.75 Å². The fourth-order valence-corrected chi connectivity index (χ4v) is 2.43. The van der Waals surface area contributed by atoms with Crippen LogP contribution in [0.15, 0.2) is 29.3 Å². The first-order valence-electron chi connectivity index (χ1n) is 5.66. The van der Waals surface area contributed by atoms with Gasteiger partial charge in [0.25, 0.3) is 0 Å². The average molecular weight is 306 g/mol. The van der Waals surface area contributed by atoms with Gasteiger partial charge in [-0.15, -0.1) is 12.4 Å². The fourth-order valence-electron chi connectivity index (χ4n) is 1.49. The van der Waals surface area contributed by atoms with Crippen molar-refractivity contribution in [2.45, 2.75) is 12.7 Å². The first kappa shape index (κ1) is 15.6. The molecule has 1 N–H and O–H groups in total. The number of hydrogen-bond donors (Lipinski definition) is 1. The smallest absolute Gasteiger partial charge is 0.159 e. The van der Waals surface area contributed by atoms with Gasteiger partial charge in [0.1, 0.15) is 0 Å². The van der Waals surface area contributed by atoms with E-state index in [2.05, 4.69) is 34.3 Å². The molecule has 3 nitrogen and oxygen atoms in total. The van der Waals surface area contributed by atoms with Crippen molar-refractivity contribution in [1.82, 2.24) is 10.2 Å². The Hall–Kier alpha value is -0.420. The summed E-state index contributed by atoms with van der Waals surface area (Å²) in [6, 6.07) is 7.95. The number of nitrogens with one attached hydrogen (secondary N) is 1. The van der Waals surface area contributed by atoms with Gasteiger partial charge < -0.3 is 5.32 Å². The number of amidine groups is 1. The van der Waals surface area contributed by atoms with Gasteiger partial charge in [0.2, 0.25) is 0 Å². The molecule has 0 aliphatic carbocycles. The number of aliphatic imine (C=N–C) groups is 1. The minimum Gasteiger partial charge on any atom is -0.352 e. The molecular weight excluding hydrogens is 289 g/mol. The van der Waals surface area contributed by atoms with E-state index < -0.39 is 0 Å². The van der Waals surface area contributed by atoms with Crippen molar-refractivity contribution in [2.75, 3.05) is 19.9 Å². The van der Waals surface area contributed by atoms with E-state index in [4.69, 9.17) is 11.6 Å². The highest BCUT2D eigenvalue weighted by Crippen LogP contribution is 2.16. The third-order valence-electron chi connectivity index (χ3n) is 2.60. The maximum atomic E-state index is 5.84. The zero-order valence-electron chi connectivity index (χ0n) is 10.2. The van der Waals surface area contributed by atoms with Gasteiger partial charge in [-0.25, -0.2) is 4.99 Å². The molecule has 0 saturated heterocycles. The van der Waals surface area contributed by atoms with Gasteiger partial charge in [-0.05, 0) is 24.2 Å². The van der Waals surface area contributed by atoms with E-state index in [1.807, 2.05) is 12.1 Å². The first-order chi connectivity index (χ1) is 8.28. The summed E-state index contributed by atoms with van der Waals surface area (Å²) < 4.78 is 0. The second kappa shape index (κ2) is 7.89. The van der Waals surface area contributed by atoms with Crippen LogP contribution in [0.1, 0.15) is 12.5 Å². The lowest BCUT2D eigenvalue weighted by Crippen LogP contribution is -2.41. The van der Waals surface area contributed by atoms with Gasteiger partial charge >= 0.3 is 0 Å². The van der Waals surface area contributed by atoms with Gasteiger partial charge in [0.05, 0.1) is 13.3 Å². The highest BCUT2D eigenvalue weighted by Gasteiger charge is 2.10. The van der Waals surface area contributed by atoms with Crippen molar-refractivity contribution < 1.29 is 0 Å². The van der Waals surface area contributed by atoms with Crippen LogP contribution in [0.5, 0.6) is 0 Å². The van der Waals surface area contributed by atoms with Crippen molar-refractivity contribution in [1.29, 1.82) is 0 Å². The van der Waals surface area contributed by atoms with E-state index in [1.54, 1.807) is 11.8 Å². The van der Waals surface area contributed by atoms with Crippen LogP contribution in [-0.4, -0.2) is 29.9 Å². The normalized spacial score (nSPS) is 15.6. The molecule has 1 aliphatic rings. The van der Waals surface area contributed by atoms with E-state index in [0.29, 0.717) is 0 Å². The second-order valence-electron chi connectivity index (χ2n) is 3.84. The molecule has 1 aromatic carbocycles. The quantitative estimate of drug-likeness (QED) is 0.929. The summed E-state index contributed by atoms with van der Waals surface area (Å²) in [5.74, 6) is 0.926. The standard InChI is InChI=1S/C12H16ClN3S.ClH/c1-2-16-8-14-12(15-9-16)17-7-10-3-5-11(13)6-4-10;/h3-6H,2,7-9H2,1H3,(H,14,15);1H. The maximum absolute atomic E-state index is 5.84. The van der Waals surface area contributed by atoms with E-state index >= 15 is 0 Å². The monoisotopic (exact) mass is 305 g/mol. The second-order valence-corrected chi connectivity index (χ2v) is 5.24. The molecule has 0 saturated carbocycles. The van der Waals surface area contributed by atoms with Crippen LogP contribution < -0.4 is 5.32 Å². The molecule has 1 aromatic rings. The minimum atomic E-state index is 0. The number of hydrogen-bond acceptors (Lipinski definition) is 4. The third-order valence-corrected chi connectivity index (χ3v) is 3.88. The van der Waals surface area contributed by atoms with E-state index in [9.17, 15) is 0 Å². The molecule has 6 heteroatoms. The lowest BCUT2D eigenvalue weighted by molar-refractivity contribution is 0.281. The highest BCUT2D eigenvalue weighted by molar-refractivity contribution is 8.13. The molecule has 0 atom stereocenters. The molecule has 0 aromatic heterocycles. The number of thioether (sulfide) groups is 1. The number of rotatable bonds is 3.